The van der Waals surface area contributed by atoms with Crippen LogP contribution in [0.15, 0.2) is 0 Å². The Morgan fingerprint density at radius 3 is 2.00 bits per heavy atom. The van der Waals surface area contributed by atoms with Gasteiger partial charge in [0, 0.05) is 5.54 Å². The van der Waals surface area contributed by atoms with E-state index in [1.165, 1.54) is 19.4 Å². The van der Waals surface area contributed by atoms with Crippen molar-refractivity contribution in [2.45, 2.75) is 32.2 Å². The molecule has 0 unspecified atom stereocenters. The summed E-state index contributed by atoms with van der Waals surface area (Å²) in [6.45, 7) is 5.90. The number of nitrogens with zero attached hydrogens (tertiary/aromatic N) is 1. The van der Waals surface area contributed by atoms with Crippen LogP contribution in [0.4, 0.5) is 0 Å². The summed E-state index contributed by atoms with van der Waals surface area (Å²) in [7, 11) is 2.20. The molecule has 1 fully saturated rings. The van der Waals surface area contributed by atoms with Crippen molar-refractivity contribution in [2.24, 2.45) is 0 Å². The van der Waals surface area contributed by atoms with Gasteiger partial charge in [-0.15, -0.1) is 12.4 Å². The Hall–Kier alpha value is 0.250. The molecule has 0 aromatic carbocycles. The molecular weight excluding hydrogens is 134 g/mol. The Morgan fingerprint density at radius 1 is 1.33 bits per heavy atom. The van der Waals surface area contributed by atoms with Crippen LogP contribution in [0.5, 0.6) is 0 Å². The average molecular weight is 150 g/mol. The lowest BCUT2D eigenvalue weighted by molar-refractivity contribution is 0.218. The van der Waals surface area contributed by atoms with E-state index in [9.17, 15) is 0 Å². The quantitative estimate of drug-likeness (QED) is 0.509. The number of hydrogen-bond donors (Lipinski definition) is 0. The Balaban J connectivity index is 0.000000640. The summed E-state index contributed by atoms with van der Waals surface area (Å²) < 4.78 is 0. The third kappa shape index (κ3) is 1.84. The molecule has 0 radical (unpaired) electrons. The lowest BCUT2D eigenvalue weighted by Gasteiger charge is -2.26. The van der Waals surface area contributed by atoms with Crippen LogP contribution in [0.25, 0.3) is 0 Å². The Kier molecular flexibility index (Phi) is 2.97. The zero-order valence-electron chi connectivity index (χ0n) is 6.48. The zero-order chi connectivity index (χ0) is 6.20. The van der Waals surface area contributed by atoms with Gasteiger partial charge in [0.25, 0.3) is 0 Å². The fourth-order valence-corrected chi connectivity index (χ4v) is 1.24. The fraction of sp³-hybridized carbons (Fsp3) is 1.00. The maximum atomic E-state index is 2.42. The van der Waals surface area contributed by atoms with Gasteiger partial charge in [-0.3, -0.25) is 0 Å². The lowest BCUT2D eigenvalue weighted by atomic mass is 10.0. The molecule has 0 bridgehead atoms. The average Bonchev–Trinajstić information content (AvgIpc) is 1.86. The number of likely N-dealkylation sites (tertiary alicyclic amines) is 1. The molecule has 1 nitrogen and oxygen atoms in total. The van der Waals surface area contributed by atoms with Crippen molar-refractivity contribution >= 4 is 12.4 Å². The molecular formula is C7H16ClN. The van der Waals surface area contributed by atoms with E-state index < -0.39 is 0 Å². The highest BCUT2D eigenvalue weighted by molar-refractivity contribution is 5.85. The first kappa shape index (κ1) is 9.25. The summed E-state index contributed by atoms with van der Waals surface area (Å²) in [5, 5.41) is 0. The summed E-state index contributed by atoms with van der Waals surface area (Å²) in [6.07, 6.45) is 2.74. The van der Waals surface area contributed by atoms with Gasteiger partial charge in [-0.25, -0.2) is 0 Å². The molecule has 1 rings (SSSR count). The third-order valence-corrected chi connectivity index (χ3v) is 2.32. The molecule has 0 spiro atoms. The molecule has 0 aromatic rings. The molecule has 1 saturated heterocycles. The van der Waals surface area contributed by atoms with Gasteiger partial charge in [0.1, 0.15) is 0 Å². The van der Waals surface area contributed by atoms with Crippen LogP contribution in [-0.4, -0.2) is 24.0 Å². The van der Waals surface area contributed by atoms with Crippen LogP contribution >= 0.6 is 12.4 Å². The maximum absolute atomic E-state index is 2.42. The van der Waals surface area contributed by atoms with Crippen LogP contribution in [-0.2, 0) is 0 Å². The smallest absolute Gasteiger partial charge is 0.0150 e. The van der Waals surface area contributed by atoms with Gasteiger partial charge < -0.3 is 4.90 Å². The van der Waals surface area contributed by atoms with Crippen molar-refractivity contribution in [3.63, 3.8) is 0 Å². The Labute approximate surface area is 63.8 Å². The first-order valence-electron chi connectivity index (χ1n) is 3.34. The third-order valence-electron chi connectivity index (χ3n) is 2.32. The largest absolute Gasteiger partial charge is 0.301 e. The second kappa shape index (κ2) is 2.89. The normalized spacial score (nSPS) is 25.7. The van der Waals surface area contributed by atoms with Crippen molar-refractivity contribution in [3.05, 3.63) is 0 Å². The molecule has 1 heterocycles. The molecule has 1 aliphatic heterocycles. The SMILES string of the molecule is CN1CCCC1(C)C.Cl. The van der Waals surface area contributed by atoms with Crippen molar-refractivity contribution < 1.29 is 0 Å². The van der Waals surface area contributed by atoms with Gasteiger partial charge in [0.15, 0.2) is 0 Å². The number of halogens is 1. The van der Waals surface area contributed by atoms with Crippen LogP contribution in [0.3, 0.4) is 0 Å². The number of rotatable bonds is 0. The molecule has 2 heteroatoms. The van der Waals surface area contributed by atoms with Gasteiger partial charge >= 0.3 is 0 Å². The lowest BCUT2D eigenvalue weighted by Crippen LogP contribution is -2.34. The van der Waals surface area contributed by atoms with E-state index in [1.54, 1.807) is 0 Å². The van der Waals surface area contributed by atoms with Crippen LogP contribution in [0, 0.1) is 0 Å². The predicted octanol–water partition coefficient (Wildman–Crippen LogP) is 1.91. The van der Waals surface area contributed by atoms with E-state index in [1.807, 2.05) is 0 Å². The minimum atomic E-state index is 0. The molecule has 9 heavy (non-hydrogen) atoms. The molecule has 0 N–H and O–H groups in total. The first-order valence-corrected chi connectivity index (χ1v) is 3.34. The van der Waals surface area contributed by atoms with Gasteiger partial charge in [-0.1, -0.05) is 0 Å². The molecule has 0 amide bonds. The van der Waals surface area contributed by atoms with E-state index >= 15 is 0 Å². The molecule has 0 atom stereocenters. The minimum absolute atomic E-state index is 0. The summed E-state index contributed by atoms with van der Waals surface area (Å²) in [6, 6.07) is 0. The van der Waals surface area contributed by atoms with E-state index in [0.717, 1.165) is 0 Å². The van der Waals surface area contributed by atoms with Crippen LogP contribution in [0.1, 0.15) is 26.7 Å². The summed E-state index contributed by atoms with van der Waals surface area (Å²) in [5.41, 5.74) is 0.486. The zero-order valence-corrected chi connectivity index (χ0v) is 7.29. The summed E-state index contributed by atoms with van der Waals surface area (Å²) in [4.78, 5) is 2.42. The van der Waals surface area contributed by atoms with Gasteiger partial charge in [0.05, 0.1) is 0 Å². The second-order valence-electron chi connectivity index (χ2n) is 3.34. The van der Waals surface area contributed by atoms with Crippen molar-refractivity contribution in [3.8, 4) is 0 Å². The second-order valence-corrected chi connectivity index (χ2v) is 3.34. The Morgan fingerprint density at radius 2 is 1.89 bits per heavy atom. The predicted molar refractivity (Wildman–Crippen MR) is 43.2 cm³/mol. The van der Waals surface area contributed by atoms with Crippen LogP contribution in [0.2, 0.25) is 0 Å². The highest BCUT2D eigenvalue weighted by Gasteiger charge is 2.27. The van der Waals surface area contributed by atoms with E-state index in [0.29, 0.717) is 5.54 Å². The van der Waals surface area contributed by atoms with Crippen molar-refractivity contribution in [2.75, 3.05) is 13.6 Å². The molecule has 56 valence electrons. The van der Waals surface area contributed by atoms with E-state index in [2.05, 4.69) is 25.8 Å². The fourth-order valence-electron chi connectivity index (χ4n) is 1.24. The first-order chi connectivity index (χ1) is 3.63. The van der Waals surface area contributed by atoms with Gasteiger partial charge in [-0.2, -0.15) is 0 Å². The highest BCUT2D eigenvalue weighted by atomic mass is 35.5. The Bertz CT molecular complexity index is 90.9. The molecule has 1 aliphatic rings. The van der Waals surface area contributed by atoms with Crippen molar-refractivity contribution in [1.82, 2.24) is 4.90 Å². The monoisotopic (exact) mass is 149 g/mol. The molecule has 0 aromatic heterocycles. The number of hydrogen-bond acceptors (Lipinski definition) is 1. The summed E-state index contributed by atoms with van der Waals surface area (Å²) in [5.74, 6) is 0. The minimum Gasteiger partial charge on any atom is -0.301 e. The topological polar surface area (TPSA) is 3.24 Å². The van der Waals surface area contributed by atoms with Gasteiger partial charge in [-0.05, 0) is 40.3 Å². The molecule has 0 aliphatic carbocycles. The van der Waals surface area contributed by atoms with E-state index in [4.69, 9.17) is 0 Å². The van der Waals surface area contributed by atoms with Crippen molar-refractivity contribution in [1.29, 1.82) is 0 Å². The van der Waals surface area contributed by atoms with Crippen LogP contribution < -0.4 is 0 Å². The maximum Gasteiger partial charge on any atom is 0.0150 e. The molecule has 0 saturated carbocycles. The van der Waals surface area contributed by atoms with Gasteiger partial charge in [0.2, 0.25) is 0 Å². The van der Waals surface area contributed by atoms with E-state index in [-0.39, 0.29) is 12.4 Å². The standard InChI is InChI=1S/C7H15N.ClH/c1-7(2)5-4-6-8(7)3;/h4-6H2,1-3H3;1H. The summed E-state index contributed by atoms with van der Waals surface area (Å²) >= 11 is 0. The highest BCUT2D eigenvalue weighted by Crippen LogP contribution is 2.25.